The van der Waals surface area contributed by atoms with E-state index in [2.05, 4.69) is 11.2 Å². The molecule has 0 amide bonds. The molecule has 1 aliphatic carbocycles. The van der Waals surface area contributed by atoms with Crippen LogP contribution in [0.5, 0.6) is 0 Å². The highest BCUT2D eigenvalue weighted by Gasteiger charge is 2.19. The Labute approximate surface area is 75.9 Å². The van der Waals surface area contributed by atoms with Gasteiger partial charge in [0.2, 0.25) is 0 Å². The highest BCUT2D eigenvalue weighted by molar-refractivity contribution is 4.82. The molecule has 0 radical (unpaired) electrons. The molecule has 0 aliphatic heterocycles. The van der Waals surface area contributed by atoms with Crippen LogP contribution in [0, 0.1) is 18.3 Å². The second-order valence-electron chi connectivity index (χ2n) is 3.64. The van der Waals surface area contributed by atoms with E-state index in [1.165, 1.54) is 38.6 Å². The molecule has 68 valence electrons. The van der Waals surface area contributed by atoms with Gasteiger partial charge in [-0.1, -0.05) is 12.8 Å². The molecule has 0 unspecified atom stereocenters. The highest BCUT2D eigenvalue weighted by Crippen LogP contribution is 2.31. The molecule has 1 fully saturated rings. The van der Waals surface area contributed by atoms with Crippen LogP contribution in [-0.4, -0.2) is 13.1 Å². The van der Waals surface area contributed by atoms with Gasteiger partial charge < -0.3 is 5.32 Å². The van der Waals surface area contributed by atoms with Crippen molar-refractivity contribution in [2.75, 3.05) is 13.1 Å². The lowest BCUT2D eigenvalue weighted by Crippen LogP contribution is -2.16. The van der Waals surface area contributed by atoms with E-state index < -0.39 is 0 Å². The lowest BCUT2D eigenvalue weighted by Gasteiger charge is -2.01. The fourth-order valence-electron chi connectivity index (χ4n) is 1.31. The summed E-state index contributed by atoms with van der Waals surface area (Å²) < 4.78 is 0. The maximum absolute atomic E-state index is 5.15. The Kier molecular flexibility index (Phi) is 4.87. The van der Waals surface area contributed by atoms with Crippen molar-refractivity contribution in [2.24, 2.45) is 5.92 Å². The largest absolute Gasteiger partial charge is 0.317 e. The first-order valence-corrected chi connectivity index (χ1v) is 5.07. The molecule has 1 N–H and O–H groups in total. The second kappa shape index (κ2) is 6.08. The van der Waals surface area contributed by atoms with Crippen LogP contribution in [-0.2, 0) is 0 Å². The minimum atomic E-state index is 0.935. The molecule has 0 saturated heterocycles. The van der Waals surface area contributed by atoms with E-state index in [1.54, 1.807) is 0 Å². The number of rotatable bonds is 7. The predicted molar refractivity (Wildman–Crippen MR) is 52.9 cm³/mol. The van der Waals surface area contributed by atoms with Gasteiger partial charge in [-0.15, -0.1) is 12.3 Å². The minimum absolute atomic E-state index is 0.935. The van der Waals surface area contributed by atoms with Crippen LogP contribution in [0.2, 0.25) is 0 Å². The number of nitrogens with one attached hydrogen (secondary N) is 1. The number of terminal acetylenes is 1. The molecular formula is C11H19N. The van der Waals surface area contributed by atoms with Crippen molar-refractivity contribution in [2.45, 2.75) is 38.5 Å². The van der Waals surface area contributed by atoms with Gasteiger partial charge in [0.15, 0.2) is 0 Å². The topological polar surface area (TPSA) is 12.0 Å². The van der Waals surface area contributed by atoms with E-state index in [-0.39, 0.29) is 0 Å². The molecule has 0 heterocycles. The van der Waals surface area contributed by atoms with Crippen LogP contribution in [0.1, 0.15) is 38.5 Å². The van der Waals surface area contributed by atoms with Gasteiger partial charge in [0.05, 0.1) is 0 Å². The summed E-state index contributed by atoms with van der Waals surface area (Å²) in [7, 11) is 0. The Morgan fingerprint density at radius 2 is 2.08 bits per heavy atom. The highest BCUT2D eigenvalue weighted by atomic mass is 14.8. The third kappa shape index (κ3) is 5.21. The lowest BCUT2D eigenvalue weighted by atomic mass is 10.2. The second-order valence-corrected chi connectivity index (χ2v) is 3.64. The summed E-state index contributed by atoms with van der Waals surface area (Å²) in [5.74, 6) is 3.72. The molecule has 0 atom stereocenters. The average molecular weight is 165 g/mol. The minimum Gasteiger partial charge on any atom is -0.317 e. The summed E-state index contributed by atoms with van der Waals surface area (Å²) in [6.45, 7) is 2.36. The number of hydrogen-bond donors (Lipinski definition) is 1. The van der Waals surface area contributed by atoms with Gasteiger partial charge >= 0.3 is 0 Å². The fraction of sp³-hybridized carbons (Fsp3) is 0.818. The van der Waals surface area contributed by atoms with E-state index in [4.69, 9.17) is 6.42 Å². The Balaban J connectivity index is 1.68. The molecule has 0 aromatic carbocycles. The van der Waals surface area contributed by atoms with Gasteiger partial charge in [0.25, 0.3) is 0 Å². The first kappa shape index (κ1) is 9.61. The number of unbranched alkanes of at least 4 members (excludes halogenated alkanes) is 2. The molecule has 1 aliphatic rings. The van der Waals surface area contributed by atoms with Crippen molar-refractivity contribution < 1.29 is 0 Å². The molecule has 0 spiro atoms. The summed E-state index contributed by atoms with van der Waals surface area (Å²) in [4.78, 5) is 0. The van der Waals surface area contributed by atoms with Crippen molar-refractivity contribution in [3.63, 3.8) is 0 Å². The molecule has 0 aromatic heterocycles. The molecule has 1 rings (SSSR count). The quantitative estimate of drug-likeness (QED) is 0.450. The Bertz CT molecular complexity index is 142. The molecule has 12 heavy (non-hydrogen) atoms. The molecular weight excluding hydrogens is 146 g/mol. The van der Waals surface area contributed by atoms with E-state index >= 15 is 0 Å². The van der Waals surface area contributed by atoms with Gasteiger partial charge in [-0.05, 0) is 38.3 Å². The van der Waals surface area contributed by atoms with E-state index in [0.717, 1.165) is 18.9 Å². The molecule has 1 heteroatoms. The van der Waals surface area contributed by atoms with Crippen LogP contribution in [0.25, 0.3) is 0 Å². The van der Waals surface area contributed by atoms with Crippen molar-refractivity contribution in [3.8, 4) is 12.3 Å². The SMILES string of the molecule is C#CCCCCNCCC1CC1. The average Bonchev–Trinajstić information content (AvgIpc) is 2.87. The molecule has 0 bridgehead atoms. The fourth-order valence-corrected chi connectivity index (χ4v) is 1.31. The van der Waals surface area contributed by atoms with Crippen LogP contribution >= 0.6 is 0 Å². The summed E-state index contributed by atoms with van der Waals surface area (Å²) in [5, 5.41) is 3.45. The molecule has 0 aromatic rings. The van der Waals surface area contributed by atoms with E-state index in [1.807, 2.05) is 0 Å². The zero-order valence-electron chi connectivity index (χ0n) is 7.81. The molecule has 1 saturated carbocycles. The van der Waals surface area contributed by atoms with Gasteiger partial charge in [-0.25, -0.2) is 0 Å². The van der Waals surface area contributed by atoms with Gasteiger partial charge in [-0.3, -0.25) is 0 Å². The van der Waals surface area contributed by atoms with Crippen LogP contribution < -0.4 is 5.32 Å². The normalized spacial score (nSPS) is 15.9. The van der Waals surface area contributed by atoms with E-state index in [9.17, 15) is 0 Å². The number of hydrogen-bond acceptors (Lipinski definition) is 1. The molecule has 1 nitrogen and oxygen atoms in total. The third-order valence-corrected chi connectivity index (χ3v) is 2.35. The lowest BCUT2D eigenvalue weighted by molar-refractivity contribution is 0.586. The smallest absolute Gasteiger partial charge is 0.00865 e. The van der Waals surface area contributed by atoms with E-state index in [0.29, 0.717) is 0 Å². The van der Waals surface area contributed by atoms with Crippen LogP contribution in [0.3, 0.4) is 0 Å². The standard InChI is InChI=1S/C11H19N/c1-2-3-4-5-9-12-10-8-11-6-7-11/h1,11-12H,3-10H2. The monoisotopic (exact) mass is 165 g/mol. The summed E-state index contributed by atoms with van der Waals surface area (Å²) in [5.41, 5.74) is 0. The Morgan fingerprint density at radius 1 is 1.25 bits per heavy atom. The zero-order valence-corrected chi connectivity index (χ0v) is 7.81. The summed E-state index contributed by atoms with van der Waals surface area (Å²) >= 11 is 0. The van der Waals surface area contributed by atoms with Gasteiger partial charge in [-0.2, -0.15) is 0 Å². The van der Waals surface area contributed by atoms with Crippen molar-refractivity contribution in [3.05, 3.63) is 0 Å². The van der Waals surface area contributed by atoms with Crippen molar-refractivity contribution >= 4 is 0 Å². The third-order valence-electron chi connectivity index (χ3n) is 2.35. The van der Waals surface area contributed by atoms with Gasteiger partial charge in [0, 0.05) is 6.42 Å². The van der Waals surface area contributed by atoms with Gasteiger partial charge in [0.1, 0.15) is 0 Å². The summed E-state index contributed by atoms with van der Waals surface area (Å²) in [6.07, 6.45) is 12.8. The van der Waals surface area contributed by atoms with Crippen molar-refractivity contribution in [1.82, 2.24) is 5.32 Å². The van der Waals surface area contributed by atoms with Crippen LogP contribution in [0.15, 0.2) is 0 Å². The van der Waals surface area contributed by atoms with Crippen molar-refractivity contribution in [1.29, 1.82) is 0 Å². The first-order chi connectivity index (χ1) is 5.93. The first-order valence-electron chi connectivity index (χ1n) is 5.07. The zero-order chi connectivity index (χ0) is 8.65. The maximum Gasteiger partial charge on any atom is 0.00865 e. The maximum atomic E-state index is 5.15. The predicted octanol–water partition coefficient (Wildman–Crippen LogP) is 2.18. The van der Waals surface area contributed by atoms with Crippen LogP contribution in [0.4, 0.5) is 0 Å². The Hall–Kier alpha value is -0.480. The summed E-state index contributed by atoms with van der Waals surface area (Å²) in [6, 6.07) is 0. The Morgan fingerprint density at radius 3 is 2.75 bits per heavy atom.